The van der Waals surface area contributed by atoms with Gasteiger partial charge in [0.05, 0.1) is 0 Å². The first-order valence-corrected chi connectivity index (χ1v) is 3.55. The standard InChI is InChI=1S/C6H10N4O2/c1-4-8-5(2-3-7)6(9-4)10(11)12/h2-3,7H2,1H3,(H,8,9). The van der Waals surface area contributed by atoms with Gasteiger partial charge in [-0.2, -0.15) is 0 Å². The number of hydrogen-bond acceptors (Lipinski definition) is 4. The van der Waals surface area contributed by atoms with Crippen LogP contribution in [-0.2, 0) is 6.42 Å². The van der Waals surface area contributed by atoms with Gasteiger partial charge >= 0.3 is 5.82 Å². The van der Waals surface area contributed by atoms with Gasteiger partial charge in [-0.05, 0) is 11.5 Å². The van der Waals surface area contributed by atoms with E-state index in [4.69, 9.17) is 5.73 Å². The maximum Gasteiger partial charge on any atom is 0.343 e. The van der Waals surface area contributed by atoms with Crippen LogP contribution in [0.2, 0.25) is 0 Å². The molecule has 66 valence electrons. The van der Waals surface area contributed by atoms with Crippen molar-refractivity contribution in [3.05, 3.63) is 21.6 Å². The molecule has 0 aromatic carbocycles. The van der Waals surface area contributed by atoms with Gasteiger partial charge in [0.25, 0.3) is 0 Å². The molecule has 1 aromatic heterocycles. The minimum absolute atomic E-state index is 0.0436. The van der Waals surface area contributed by atoms with E-state index in [-0.39, 0.29) is 5.82 Å². The highest BCUT2D eigenvalue weighted by molar-refractivity contribution is 5.28. The fourth-order valence-corrected chi connectivity index (χ4v) is 0.989. The van der Waals surface area contributed by atoms with Crippen molar-refractivity contribution >= 4 is 5.82 Å². The number of aromatic amines is 1. The quantitative estimate of drug-likeness (QED) is 0.497. The molecule has 0 saturated heterocycles. The Morgan fingerprint density at radius 2 is 2.42 bits per heavy atom. The largest absolute Gasteiger partial charge is 0.358 e. The molecule has 1 rings (SSSR count). The van der Waals surface area contributed by atoms with Crippen molar-refractivity contribution in [3.8, 4) is 0 Å². The highest BCUT2D eigenvalue weighted by Crippen LogP contribution is 2.14. The first kappa shape index (κ1) is 8.66. The van der Waals surface area contributed by atoms with E-state index in [9.17, 15) is 10.1 Å². The van der Waals surface area contributed by atoms with E-state index in [2.05, 4.69) is 9.97 Å². The summed E-state index contributed by atoms with van der Waals surface area (Å²) in [5.41, 5.74) is 5.69. The fraction of sp³-hybridized carbons (Fsp3) is 0.500. The number of nitrogens with zero attached hydrogens (tertiary/aromatic N) is 2. The van der Waals surface area contributed by atoms with E-state index in [1.807, 2.05) is 0 Å². The number of hydrogen-bond donors (Lipinski definition) is 2. The number of nitrogens with two attached hydrogens (primary N) is 1. The van der Waals surface area contributed by atoms with Crippen LogP contribution in [0.15, 0.2) is 0 Å². The van der Waals surface area contributed by atoms with Crippen LogP contribution in [0, 0.1) is 17.0 Å². The summed E-state index contributed by atoms with van der Waals surface area (Å²) in [5.74, 6) is 0.503. The van der Waals surface area contributed by atoms with Crippen molar-refractivity contribution in [2.45, 2.75) is 13.3 Å². The molecule has 6 nitrogen and oxygen atoms in total. The first-order valence-electron chi connectivity index (χ1n) is 3.55. The van der Waals surface area contributed by atoms with E-state index in [0.717, 1.165) is 0 Å². The Balaban J connectivity index is 2.99. The van der Waals surface area contributed by atoms with Crippen molar-refractivity contribution in [1.29, 1.82) is 0 Å². The summed E-state index contributed by atoms with van der Waals surface area (Å²) >= 11 is 0. The Morgan fingerprint density at radius 1 is 1.75 bits per heavy atom. The number of aryl methyl sites for hydroxylation is 1. The monoisotopic (exact) mass is 170 g/mol. The van der Waals surface area contributed by atoms with Crippen molar-refractivity contribution in [2.24, 2.45) is 5.73 Å². The Morgan fingerprint density at radius 3 is 2.92 bits per heavy atom. The summed E-state index contributed by atoms with van der Waals surface area (Å²) in [6.07, 6.45) is 0.431. The summed E-state index contributed by atoms with van der Waals surface area (Å²) in [6.45, 7) is 2.04. The van der Waals surface area contributed by atoms with Crippen molar-refractivity contribution in [2.75, 3.05) is 6.54 Å². The Labute approximate surface area is 68.9 Å². The van der Waals surface area contributed by atoms with Crippen LogP contribution in [0.3, 0.4) is 0 Å². The average molecular weight is 170 g/mol. The topological polar surface area (TPSA) is 97.8 Å². The lowest BCUT2D eigenvalue weighted by Crippen LogP contribution is -2.05. The van der Waals surface area contributed by atoms with Gasteiger partial charge in [0.1, 0.15) is 5.69 Å². The van der Waals surface area contributed by atoms with Crippen molar-refractivity contribution in [3.63, 3.8) is 0 Å². The lowest BCUT2D eigenvalue weighted by atomic mass is 10.3. The molecule has 0 saturated carbocycles. The van der Waals surface area contributed by atoms with E-state index in [1.54, 1.807) is 6.92 Å². The number of H-pyrrole nitrogens is 1. The molecule has 0 unspecified atom stereocenters. The van der Waals surface area contributed by atoms with Gasteiger partial charge in [-0.15, -0.1) is 0 Å². The smallest absolute Gasteiger partial charge is 0.343 e. The molecular formula is C6H10N4O2. The van der Waals surface area contributed by atoms with Gasteiger partial charge in [0, 0.05) is 13.3 Å². The number of nitro groups is 1. The third-order valence-electron chi connectivity index (χ3n) is 1.44. The molecule has 3 N–H and O–H groups in total. The molecule has 0 fully saturated rings. The highest BCUT2D eigenvalue weighted by Gasteiger charge is 2.16. The minimum atomic E-state index is -0.481. The Kier molecular flexibility index (Phi) is 2.39. The van der Waals surface area contributed by atoms with Gasteiger partial charge in [0.2, 0.25) is 0 Å². The lowest BCUT2D eigenvalue weighted by molar-refractivity contribution is -0.390. The minimum Gasteiger partial charge on any atom is -0.358 e. The van der Waals surface area contributed by atoms with E-state index in [1.165, 1.54) is 0 Å². The molecule has 0 spiro atoms. The third kappa shape index (κ3) is 1.59. The van der Waals surface area contributed by atoms with Gasteiger partial charge in [-0.1, -0.05) is 0 Å². The normalized spacial score (nSPS) is 10.2. The van der Waals surface area contributed by atoms with Crippen LogP contribution in [0.5, 0.6) is 0 Å². The summed E-state index contributed by atoms with van der Waals surface area (Å²) < 4.78 is 0. The predicted molar refractivity (Wildman–Crippen MR) is 42.7 cm³/mol. The van der Waals surface area contributed by atoms with Crippen LogP contribution >= 0.6 is 0 Å². The predicted octanol–water partition coefficient (Wildman–Crippen LogP) is 0.128. The van der Waals surface area contributed by atoms with E-state index >= 15 is 0 Å². The fourth-order valence-electron chi connectivity index (χ4n) is 0.989. The van der Waals surface area contributed by atoms with E-state index in [0.29, 0.717) is 24.5 Å². The zero-order chi connectivity index (χ0) is 9.14. The Hall–Kier alpha value is -1.43. The van der Waals surface area contributed by atoms with Gasteiger partial charge < -0.3 is 15.8 Å². The molecular weight excluding hydrogens is 160 g/mol. The summed E-state index contributed by atoms with van der Waals surface area (Å²) in [7, 11) is 0. The molecule has 0 aliphatic rings. The number of rotatable bonds is 3. The maximum atomic E-state index is 10.4. The Bertz CT molecular complexity index is 294. The second-order valence-electron chi connectivity index (χ2n) is 2.41. The third-order valence-corrected chi connectivity index (χ3v) is 1.44. The number of nitrogens with one attached hydrogen (secondary N) is 1. The summed E-state index contributed by atoms with van der Waals surface area (Å²) in [4.78, 5) is 16.4. The second kappa shape index (κ2) is 3.31. The zero-order valence-electron chi connectivity index (χ0n) is 6.70. The van der Waals surface area contributed by atoms with Crippen LogP contribution < -0.4 is 5.73 Å². The van der Waals surface area contributed by atoms with Crippen LogP contribution in [0.4, 0.5) is 5.82 Å². The number of imidazole rings is 1. The van der Waals surface area contributed by atoms with Crippen LogP contribution in [-0.4, -0.2) is 21.4 Å². The molecule has 1 heterocycles. The molecule has 0 aliphatic heterocycles. The molecule has 0 radical (unpaired) electrons. The van der Waals surface area contributed by atoms with Gasteiger partial charge in [0.15, 0.2) is 5.82 Å². The lowest BCUT2D eigenvalue weighted by Gasteiger charge is -1.92. The second-order valence-corrected chi connectivity index (χ2v) is 2.41. The molecule has 1 aromatic rings. The molecule has 6 heteroatoms. The van der Waals surface area contributed by atoms with Crippen molar-refractivity contribution in [1.82, 2.24) is 9.97 Å². The maximum absolute atomic E-state index is 10.4. The summed E-state index contributed by atoms with van der Waals surface area (Å²) in [6, 6.07) is 0. The molecule has 0 aliphatic carbocycles. The summed E-state index contributed by atoms with van der Waals surface area (Å²) in [5, 5.41) is 10.4. The van der Waals surface area contributed by atoms with Gasteiger partial charge in [-0.25, -0.2) is 9.97 Å². The van der Waals surface area contributed by atoms with Crippen molar-refractivity contribution < 1.29 is 4.92 Å². The van der Waals surface area contributed by atoms with Gasteiger partial charge in [-0.3, -0.25) is 0 Å². The van der Waals surface area contributed by atoms with Crippen LogP contribution in [0.25, 0.3) is 0 Å². The number of aromatic nitrogens is 2. The molecule has 0 bridgehead atoms. The van der Waals surface area contributed by atoms with E-state index < -0.39 is 4.92 Å². The zero-order valence-corrected chi connectivity index (χ0v) is 6.70. The van der Waals surface area contributed by atoms with Crippen LogP contribution in [0.1, 0.15) is 11.5 Å². The highest BCUT2D eigenvalue weighted by atomic mass is 16.6. The molecule has 0 atom stereocenters. The molecule has 0 amide bonds. The first-order chi connectivity index (χ1) is 5.65. The molecule has 12 heavy (non-hydrogen) atoms. The SMILES string of the molecule is Cc1nc(CCN)c([N+](=O)[O-])[nH]1. The average Bonchev–Trinajstić information content (AvgIpc) is 2.32.